The number of ether oxygens (including phenoxy) is 2. The number of hydrogen-bond acceptors (Lipinski definition) is 6. The van der Waals surface area contributed by atoms with Gasteiger partial charge in [-0.05, 0) is 58.0 Å². The summed E-state index contributed by atoms with van der Waals surface area (Å²) in [6.07, 6.45) is -0.499. The van der Waals surface area contributed by atoms with E-state index in [1.807, 2.05) is 24.3 Å². The fourth-order valence-corrected chi connectivity index (χ4v) is 3.44. The summed E-state index contributed by atoms with van der Waals surface area (Å²) in [4.78, 5) is 18.0. The van der Waals surface area contributed by atoms with Crippen molar-refractivity contribution in [2.24, 2.45) is 4.99 Å². The average Bonchev–Trinajstić information content (AvgIpc) is 2.86. The quantitative estimate of drug-likeness (QED) is 0.329. The molecule has 0 spiro atoms. The van der Waals surface area contributed by atoms with Crippen molar-refractivity contribution in [2.75, 3.05) is 24.6 Å². The lowest BCUT2D eigenvalue weighted by atomic mass is 9.99. The molecule has 0 atom stereocenters. The fourth-order valence-electron chi connectivity index (χ4n) is 3.32. The van der Waals surface area contributed by atoms with Crippen molar-refractivity contribution in [3.8, 4) is 5.75 Å². The molecule has 0 aliphatic carbocycles. The number of anilines is 1. The van der Waals surface area contributed by atoms with E-state index in [0.717, 1.165) is 11.1 Å². The molecule has 0 fully saturated rings. The van der Waals surface area contributed by atoms with Crippen molar-refractivity contribution in [3.05, 3.63) is 58.6 Å². The molecule has 174 valence electrons. The number of alkyl carbamates (subject to hydrolysis) is 1. The number of fused-ring (bicyclic) bond motifs is 1. The molecule has 0 bridgehead atoms. The van der Waals surface area contributed by atoms with Gasteiger partial charge in [-0.2, -0.15) is 0 Å². The van der Waals surface area contributed by atoms with E-state index in [1.54, 1.807) is 50.8 Å². The van der Waals surface area contributed by atoms with Gasteiger partial charge in [0.05, 0.1) is 24.5 Å². The van der Waals surface area contributed by atoms with Gasteiger partial charge in [-0.25, -0.2) is 4.79 Å². The summed E-state index contributed by atoms with van der Waals surface area (Å²) in [7, 11) is 0. The first-order valence-electron chi connectivity index (χ1n) is 10.5. The largest absolute Gasteiger partial charge is 0.492 e. The first-order chi connectivity index (χ1) is 15.5. The maximum atomic E-state index is 11.8. The number of carbonyl (C=O) groups is 1. The number of amides is 1. The molecule has 0 radical (unpaired) electrons. The summed E-state index contributed by atoms with van der Waals surface area (Å²) in [6.45, 7) is 7.71. The first kappa shape index (κ1) is 24.3. The molecule has 1 heterocycles. The highest BCUT2D eigenvalue weighted by atomic mass is 35.5. The topological polar surface area (TPSA) is 111 Å². The van der Waals surface area contributed by atoms with Gasteiger partial charge in [-0.3, -0.25) is 20.7 Å². The van der Waals surface area contributed by atoms with Crippen LogP contribution in [0.1, 0.15) is 38.8 Å². The summed E-state index contributed by atoms with van der Waals surface area (Å²) in [5, 5.41) is 19.9. The van der Waals surface area contributed by atoms with Gasteiger partial charge >= 0.3 is 6.09 Å². The Morgan fingerprint density at radius 2 is 1.91 bits per heavy atom. The molecular weight excluding hydrogens is 442 g/mol. The van der Waals surface area contributed by atoms with Crippen LogP contribution in [0, 0.1) is 10.8 Å². The minimum absolute atomic E-state index is 0.138. The highest BCUT2D eigenvalue weighted by molar-refractivity contribution is 6.31. The molecule has 2 aromatic rings. The third-order valence-electron chi connectivity index (χ3n) is 4.61. The van der Waals surface area contributed by atoms with E-state index >= 15 is 0 Å². The van der Waals surface area contributed by atoms with E-state index < -0.39 is 11.7 Å². The van der Waals surface area contributed by atoms with E-state index in [-0.39, 0.29) is 31.4 Å². The maximum absolute atomic E-state index is 11.8. The highest BCUT2D eigenvalue weighted by Crippen LogP contribution is 2.31. The van der Waals surface area contributed by atoms with Gasteiger partial charge in [-0.15, -0.1) is 0 Å². The molecule has 3 N–H and O–H groups in total. The van der Waals surface area contributed by atoms with Crippen molar-refractivity contribution in [2.45, 2.75) is 33.3 Å². The monoisotopic (exact) mass is 469 g/mol. The molecule has 2 aromatic carbocycles. The Kier molecular flexibility index (Phi) is 7.38. The van der Waals surface area contributed by atoms with Gasteiger partial charge in [0, 0.05) is 16.1 Å². The second-order valence-electron chi connectivity index (χ2n) is 8.50. The Morgan fingerprint density at radius 3 is 2.55 bits per heavy atom. The molecule has 0 unspecified atom stereocenters. The average molecular weight is 470 g/mol. The van der Waals surface area contributed by atoms with Crippen molar-refractivity contribution >= 4 is 40.8 Å². The standard InChI is InChI=1S/C24H28ClN5O3/c1-15(26)30-20-10-9-18(32-12-11-28-23(31)33-24(2,3)4)13-19(20)22(29-14-21(30)27)16-5-7-17(25)8-6-16/h5-10,13,26-27H,11-12,14H2,1-4H3,(H,28,31). The van der Waals surface area contributed by atoms with Gasteiger partial charge in [0.2, 0.25) is 0 Å². The molecule has 0 saturated heterocycles. The van der Waals surface area contributed by atoms with Crippen LogP contribution in [0.5, 0.6) is 5.75 Å². The minimum Gasteiger partial charge on any atom is -0.492 e. The predicted octanol–water partition coefficient (Wildman–Crippen LogP) is 4.88. The Hall–Kier alpha value is -3.39. The molecule has 8 nitrogen and oxygen atoms in total. The zero-order chi connectivity index (χ0) is 24.2. The first-order valence-corrected chi connectivity index (χ1v) is 10.9. The van der Waals surface area contributed by atoms with Crippen LogP contribution in [0.3, 0.4) is 0 Å². The summed E-state index contributed by atoms with van der Waals surface area (Å²) < 4.78 is 11.1. The predicted molar refractivity (Wildman–Crippen MR) is 132 cm³/mol. The third-order valence-corrected chi connectivity index (χ3v) is 4.86. The summed E-state index contributed by atoms with van der Waals surface area (Å²) in [5.74, 6) is 1.02. The normalized spacial score (nSPS) is 13.5. The smallest absolute Gasteiger partial charge is 0.407 e. The number of carbonyl (C=O) groups excluding carboxylic acids is 1. The SMILES string of the molecule is CC(=N)N1C(=N)CN=C(c2ccc(Cl)cc2)c2cc(OCCNC(=O)OC(C)(C)C)ccc21. The second-order valence-corrected chi connectivity index (χ2v) is 8.93. The molecule has 9 heteroatoms. The van der Waals surface area contributed by atoms with E-state index in [4.69, 9.17) is 31.9 Å². The highest BCUT2D eigenvalue weighted by Gasteiger charge is 2.25. The zero-order valence-corrected chi connectivity index (χ0v) is 19.9. The molecule has 1 amide bonds. The molecule has 1 aliphatic heterocycles. The van der Waals surface area contributed by atoms with Crippen LogP contribution in [-0.4, -0.2) is 48.8 Å². The second kappa shape index (κ2) is 10.0. The fraction of sp³-hybridized carbons (Fsp3) is 0.333. The molecular formula is C24H28ClN5O3. The molecule has 0 saturated carbocycles. The number of rotatable bonds is 5. The van der Waals surface area contributed by atoms with Crippen molar-refractivity contribution in [1.82, 2.24) is 5.32 Å². The maximum Gasteiger partial charge on any atom is 0.407 e. The zero-order valence-electron chi connectivity index (χ0n) is 19.2. The lowest BCUT2D eigenvalue weighted by molar-refractivity contribution is 0.0520. The minimum atomic E-state index is -0.564. The van der Waals surface area contributed by atoms with Gasteiger partial charge in [0.1, 0.15) is 29.6 Å². The Bertz CT molecular complexity index is 1090. The number of halogens is 1. The van der Waals surface area contributed by atoms with Crippen LogP contribution in [-0.2, 0) is 4.74 Å². The van der Waals surface area contributed by atoms with E-state index in [9.17, 15) is 4.79 Å². The van der Waals surface area contributed by atoms with E-state index in [2.05, 4.69) is 10.3 Å². The van der Waals surface area contributed by atoms with Crippen LogP contribution in [0.2, 0.25) is 5.02 Å². The van der Waals surface area contributed by atoms with Gasteiger partial charge in [-0.1, -0.05) is 23.7 Å². The lowest BCUT2D eigenvalue weighted by Crippen LogP contribution is -2.35. The number of aliphatic imine (C=N–C) groups is 1. The Morgan fingerprint density at radius 1 is 1.21 bits per heavy atom. The van der Waals surface area contributed by atoms with Crippen LogP contribution >= 0.6 is 11.6 Å². The van der Waals surface area contributed by atoms with Crippen molar-refractivity contribution in [3.63, 3.8) is 0 Å². The van der Waals surface area contributed by atoms with Gasteiger partial charge < -0.3 is 14.8 Å². The summed E-state index contributed by atoms with van der Waals surface area (Å²) in [5.41, 5.74) is 2.39. The Balaban J connectivity index is 1.84. The number of benzodiazepines with no additional fused rings is 1. The number of amidine groups is 2. The Labute approximate surface area is 198 Å². The molecule has 1 aliphatic rings. The van der Waals surface area contributed by atoms with Crippen LogP contribution in [0.4, 0.5) is 10.5 Å². The van der Waals surface area contributed by atoms with Gasteiger partial charge in [0.25, 0.3) is 0 Å². The van der Waals surface area contributed by atoms with Crippen LogP contribution < -0.4 is 15.0 Å². The molecule has 3 rings (SSSR count). The number of nitrogens with one attached hydrogen (secondary N) is 3. The van der Waals surface area contributed by atoms with Crippen LogP contribution in [0.25, 0.3) is 0 Å². The third kappa shape index (κ3) is 6.32. The summed E-state index contributed by atoms with van der Waals surface area (Å²) >= 11 is 6.06. The van der Waals surface area contributed by atoms with E-state index in [0.29, 0.717) is 22.2 Å². The molecule has 33 heavy (non-hydrogen) atoms. The number of nitrogens with zero attached hydrogens (tertiary/aromatic N) is 2. The van der Waals surface area contributed by atoms with Crippen molar-refractivity contribution in [1.29, 1.82) is 10.8 Å². The van der Waals surface area contributed by atoms with Gasteiger partial charge in [0.15, 0.2) is 0 Å². The summed E-state index contributed by atoms with van der Waals surface area (Å²) in [6, 6.07) is 12.8. The number of benzene rings is 2. The number of hydrogen-bond donors (Lipinski definition) is 3. The lowest BCUT2D eigenvalue weighted by Gasteiger charge is -2.24. The van der Waals surface area contributed by atoms with E-state index in [1.165, 1.54) is 0 Å². The molecule has 0 aromatic heterocycles. The van der Waals surface area contributed by atoms with Crippen LogP contribution in [0.15, 0.2) is 47.5 Å². The van der Waals surface area contributed by atoms with Crippen molar-refractivity contribution < 1.29 is 14.3 Å².